The summed E-state index contributed by atoms with van der Waals surface area (Å²) in [5.74, 6) is 0. The molecule has 0 fully saturated rings. The van der Waals surface area contributed by atoms with Crippen LogP contribution in [0.25, 0.3) is 90.0 Å². The van der Waals surface area contributed by atoms with Crippen LogP contribution in [0.3, 0.4) is 0 Å². The molecule has 0 amide bonds. The van der Waals surface area contributed by atoms with Crippen LogP contribution in [-0.4, -0.2) is 13.7 Å². The van der Waals surface area contributed by atoms with Gasteiger partial charge in [0.15, 0.2) is 0 Å². The van der Waals surface area contributed by atoms with Gasteiger partial charge in [-0.05, 0) is 97.8 Å². The van der Waals surface area contributed by atoms with Crippen LogP contribution in [0.1, 0.15) is 36.9 Å². The van der Waals surface area contributed by atoms with Crippen LogP contribution >= 0.6 is 0 Å². The van der Waals surface area contributed by atoms with Gasteiger partial charge in [0, 0.05) is 49.1 Å². The molecule has 6 aromatic carbocycles. The molecule has 0 bridgehead atoms. The summed E-state index contributed by atoms with van der Waals surface area (Å²) in [5.41, 5.74) is 13.6. The Morgan fingerprint density at radius 2 is 1.06 bits per heavy atom. The molecule has 3 heterocycles. The molecule has 0 saturated carbocycles. The van der Waals surface area contributed by atoms with Crippen LogP contribution in [0, 0.1) is 0 Å². The number of fused-ring (bicyclic) bond motifs is 9. The summed E-state index contributed by atoms with van der Waals surface area (Å²) in [6.07, 6.45) is 15.1. The third-order valence-corrected chi connectivity index (χ3v) is 11.4. The summed E-state index contributed by atoms with van der Waals surface area (Å²) >= 11 is 0. The number of hydrogen-bond acceptors (Lipinski definition) is 0. The molecular formula is C49H37N3. The van der Waals surface area contributed by atoms with Gasteiger partial charge < -0.3 is 13.7 Å². The first-order chi connectivity index (χ1) is 25.8. The molecule has 2 aliphatic carbocycles. The zero-order valence-corrected chi connectivity index (χ0v) is 29.0. The van der Waals surface area contributed by atoms with Gasteiger partial charge in [-0.3, -0.25) is 0 Å². The predicted octanol–water partition coefficient (Wildman–Crippen LogP) is 11.0. The molecule has 2 aliphatic rings. The highest BCUT2D eigenvalue weighted by Gasteiger charge is 2.23. The number of aryl methyl sites for hydroxylation is 1. The average Bonchev–Trinajstić information content (AvgIpc) is 3.75. The van der Waals surface area contributed by atoms with Crippen LogP contribution in [0.4, 0.5) is 0 Å². The lowest BCUT2D eigenvalue weighted by atomic mass is 9.99. The van der Waals surface area contributed by atoms with E-state index in [1.807, 2.05) is 0 Å². The van der Waals surface area contributed by atoms with Gasteiger partial charge in [0.05, 0.1) is 33.4 Å². The van der Waals surface area contributed by atoms with Gasteiger partial charge in [-0.2, -0.15) is 0 Å². The van der Waals surface area contributed by atoms with E-state index in [0.717, 1.165) is 25.7 Å². The summed E-state index contributed by atoms with van der Waals surface area (Å²) in [4.78, 5) is 0. The highest BCUT2D eigenvalue weighted by molar-refractivity contribution is 6.10. The Bertz CT molecular complexity index is 3000. The van der Waals surface area contributed by atoms with Gasteiger partial charge in [-0.1, -0.05) is 109 Å². The highest BCUT2D eigenvalue weighted by Crippen LogP contribution is 2.41. The summed E-state index contributed by atoms with van der Waals surface area (Å²) in [7, 11) is 0. The second-order valence-electron chi connectivity index (χ2n) is 14.2. The van der Waals surface area contributed by atoms with Crippen LogP contribution in [0.15, 0.2) is 146 Å². The lowest BCUT2D eigenvalue weighted by molar-refractivity contribution is 0.921. The SMILES string of the molecule is C1=Cc2c(c3ccccc3n2-c2cccc(-c3c(-n4c5c(c6ccccc64)=CCCCC=5)cccc3-n3c4ccccc4c4ccccc43)c2)CC1. The Morgan fingerprint density at radius 3 is 1.81 bits per heavy atom. The van der Waals surface area contributed by atoms with Gasteiger partial charge in [0.25, 0.3) is 0 Å². The average molecular weight is 668 g/mol. The van der Waals surface area contributed by atoms with E-state index in [2.05, 4.69) is 178 Å². The first-order valence-corrected chi connectivity index (χ1v) is 18.7. The van der Waals surface area contributed by atoms with Gasteiger partial charge in [-0.25, -0.2) is 0 Å². The maximum Gasteiger partial charge on any atom is 0.0561 e. The fourth-order valence-corrected chi connectivity index (χ4v) is 9.21. The number of aromatic nitrogens is 3. The molecule has 248 valence electrons. The third kappa shape index (κ3) is 4.26. The van der Waals surface area contributed by atoms with E-state index in [1.165, 1.54) is 100 Å². The molecule has 3 nitrogen and oxygen atoms in total. The number of allylic oxidation sites excluding steroid dienone is 1. The molecule has 11 rings (SSSR count). The molecule has 0 aliphatic heterocycles. The maximum absolute atomic E-state index is 2.54. The third-order valence-electron chi connectivity index (χ3n) is 11.4. The van der Waals surface area contributed by atoms with Crippen LogP contribution in [-0.2, 0) is 6.42 Å². The molecule has 9 aromatic rings. The molecule has 0 unspecified atom stereocenters. The summed E-state index contributed by atoms with van der Waals surface area (Å²) in [6, 6.07) is 51.8. The predicted molar refractivity (Wildman–Crippen MR) is 219 cm³/mol. The van der Waals surface area contributed by atoms with Gasteiger partial charge in [0.1, 0.15) is 0 Å². The quantitative estimate of drug-likeness (QED) is 0.177. The smallest absolute Gasteiger partial charge is 0.0561 e. The molecule has 0 radical (unpaired) electrons. The van der Waals surface area contributed by atoms with Crippen molar-refractivity contribution in [3.63, 3.8) is 0 Å². The number of nitrogens with zero attached hydrogens (tertiary/aromatic N) is 3. The van der Waals surface area contributed by atoms with E-state index in [4.69, 9.17) is 0 Å². The fraction of sp³-hybridized carbons (Fsp3) is 0.102. The van der Waals surface area contributed by atoms with Gasteiger partial charge >= 0.3 is 0 Å². The molecule has 52 heavy (non-hydrogen) atoms. The number of para-hydroxylation sites is 4. The Hall–Kier alpha value is -6.32. The lowest BCUT2D eigenvalue weighted by Crippen LogP contribution is -2.28. The van der Waals surface area contributed by atoms with Crippen molar-refractivity contribution in [3.8, 4) is 28.2 Å². The molecule has 0 N–H and O–H groups in total. The lowest BCUT2D eigenvalue weighted by Gasteiger charge is -2.21. The van der Waals surface area contributed by atoms with Crippen LogP contribution < -0.4 is 10.6 Å². The van der Waals surface area contributed by atoms with Gasteiger partial charge in [0.2, 0.25) is 0 Å². The molecular weight excluding hydrogens is 631 g/mol. The minimum absolute atomic E-state index is 1.07. The van der Waals surface area contributed by atoms with Crippen molar-refractivity contribution in [2.75, 3.05) is 0 Å². The van der Waals surface area contributed by atoms with E-state index in [9.17, 15) is 0 Å². The Morgan fingerprint density at radius 1 is 0.462 bits per heavy atom. The zero-order chi connectivity index (χ0) is 34.2. The number of hydrogen-bond donors (Lipinski definition) is 0. The molecule has 3 aromatic heterocycles. The van der Waals surface area contributed by atoms with E-state index < -0.39 is 0 Å². The minimum Gasteiger partial charge on any atom is -0.310 e. The van der Waals surface area contributed by atoms with E-state index in [1.54, 1.807) is 0 Å². The second-order valence-corrected chi connectivity index (χ2v) is 14.2. The normalized spacial score (nSPS) is 14.0. The van der Waals surface area contributed by atoms with E-state index in [-0.39, 0.29) is 0 Å². The van der Waals surface area contributed by atoms with E-state index >= 15 is 0 Å². The first kappa shape index (κ1) is 29.4. The van der Waals surface area contributed by atoms with Crippen LogP contribution in [0.5, 0.6) is 0 Å². The zero-order valence-electron chi connectivity index (χ0n) is 29.0. The van der Waals surface area contributed by atoms with Crippen LogP contribution in [0.2, 0.25) is 0 Å². The topological polar surface area (TPSA) is 14.8 Å². The van der Waals surface area contributed by atoms with Crippen molar-refractivity contribution in [1.29, 1.82) is 0 Å². The van der Waals surface area contributed by atoms with E-state index in [0.29, 0.717) is 0 Å². The number of benzene rings is 6. The van der Waals surface area contributed by atoms with Crippen molar-refractivity contribution >= 4 is 61.8 Å². The van der Waals surface area contributed by atoms with Crippen molar-refractivity contribution in [3.05, 3.63) is 167 Å². The summed E-state index contributed by atoms with van der Waals surface area (Å²) in [5, 5.41) is 7.85. The fourth-order valence-electron chi connectivity index (χ4n) is 9.21. The first-order valence-electron chi connectivity index (χ1n) is 18.7. The summed E-state index contributed by atoms with van der Waals surface area (Å²) in [6.45, 7) is 0. The van der Waals surface area contributed by atoms with Gasteiger partial charge in [-0.15, -0.1) is 0 Å². The second kappa shape index (κ2) is 11.6. The molecule has 3 heteroatoms. The monoisotopic (exact) mass is 667 g/mol. The Kier molecular flexibility index (Phi) is 6.57. The molecule has 0 atom stereocenters. The Balaban J connectivity index is 1.27. The molecule has 0 saturated heterocycles. The Labute approximate surface area is 302 Å². The largest absolute Gasteiger partial charge is 0.310 e. The maximum atomic E-state index is 2.54. The number of rotatable bonds is 4. The summed E-state index contributed by atoms with van der Waals surface area (Å²) < 4.78 is 7.51. The van der Waals surface area contributed by atoms with Crippen molar-refractivity contribution < 1.29 is 0 Å². The van der Waals surface area contributed by atoms with Crippen molar-refractivity contribution in [1.82, 2.24) is 13.7 Å². The standard InChI is InChI=1S/C49H37N3/c1-2-18-37-38-21-6-11-27-44(38)51(43(37)24-3-1)47-30-15-31-48(52-45-28-12-7-22-39(45)40-23-8-13-29-46(40)52)49(47)33-16-14-17-34(32-33)50-41-25-9-4-19-35(41)36-20-5-10-26-42(36)50/h4,6-19,21-32H,1-3,5,20H2. The molecule has 0 spiro atoms. The van der Waals surface area contributed by atoms with Crippen molar-refractivity contribution in [2.45, 2.75) is 32.1 Å². The highest BCUT2D eigenvalue weighted by atomic mass is 15.0. The van der Waals surface area contributed by atoms with Crippen molar-refractivity contribution in [2.24, 2.45) is 0 Å². The minimum atomic E-state index is 1.07.